The molecule has 2 aromatic carbocycles. The fourth-order valence-corrected chi connectivity index (χ4v) is 2.53. The van der Waals surface area contributed by atoms with E-state index in [2.05, 4.69) is 10.8 Å². The Kier molecular flexibility index (Phi) is 5.92. The van der Waals surface area contributed by atoms with Gasteiger partial charge in [-0.25, -0.2) is 0 Å². The highest BCUT2D eigenvalue weighted by atomic mass is 16.5. The minimum atomic E-state index is -0.482. The lowest BCUT2D eigenvalue weighted by Gasteiger charge is -2.31. The molecular weight excluding hydrogens is 306 g/mol. The number of nitrogens with one attached hydrogen (secondary N) is 2. The second kappa shape index (κ2) is 7.92. The zero-order chi connectivity index (χ0) is 17.7. The van der Waals surface area contributed by atoms with Gasteiger partial charge >= 0.3 is 0 Å². The van der Waals surface area contributed by atoms with E-state index in [1.165, 1.54) is 4.90 Å². The molecule has 6 heteroatoms. The molecule has 2 rings (SSSR count). The molecule has 0 aliphatic carbocycles. The second-order valence-electron chi connectivity index (χ2n) is 5.65. The molecule has 0 saturated carbocycles. The third kappa shape index (κ3) is 3.73. The number of hydrogen-bond acceptors (Lipinski definition) is 5. The maximum absolute atomic E-state index is 12.6. The van der Waals surface area contributed by atoms with Crippen LogP contribution in [0.2, 0.25) is 0 Å². The van der Waals surface area contributed by atoms with Crippen LogP contribution in [-0.2, 0) is 0 Å². The third-order valence-electron chi connectivity index (χ3n) is 4.20. The van der Waals surface area contributed by atoms with Gasteiger partial charge in [0.1, 0.15) is 11.9 Å². The zero-order valence-electron chi connectivity index (χ0n) is 14.0. The van der Waals surface area contributed by atoms with Crippen LogP contribution in [0.5, 0.6) is 5.75 Å². The minimum absolute atomic E-state index is 0.0710. The van der Waals surface area contributed by atoms with Crippen LogP contribution in [0.4, 0.5) is 0 Å². The minimum Gasteiger partial charge on any atom is -0.507 e. The lowest BCUT2D eigenvalue weighted by Crippen LogP contribution is -2.54. The molecule has 0 spiro atoms. The predicted octanol–water partition coefficient (Wildman–Crippen LogP) is 2.04. The lowest BCUT2D eigenvalue weighted by atomic mass is 10.0. The van der Waals surface area contributed by atoms with Crippen LogP contribution in [0.3, 0.4) is 0 Å². The number of carbonyl (C=O) groups is 1. The SMILES string of the molecule is CNC(NO)C(C)N(C)C(=O)c1ccc(-c2ccccc2)cc1O. The largest absolute Gasteiger partial charge is 0.507 e. The predicted molar refractivity (Wildman–Crippen MR) is 92.9 cm³/mol. The number of amides is 1. The number of aromatic hydroxyl groups is 1. The first-order valence-corrected chi connectivity index (χ1v) is 7.72. The molecular formula is C18H23N3O3. The highest BCUT2D eigenvalue weighted by molar-refractivity contribution is 5.97. The summed E-state index contributed by atoms with van der Waals surface area (Å²) in [6.07, 6.45) is -0.482. The van der Waals surface area contributed by atoms with Gasteiger partial charge in [0.15, 0.2) is 0 Å². The van der Waals surface area contributed by atoms with Crippen LogP contribution in [0.15, 0.2) is 48.5 Å². The van der Waals surface area contributed by atoms with Crippen molar-refractivity contribution in [3.63, 3.8) is 0 Å². The number of hydroxylamine groups is 1. The van der Waals surface area contributed by atoms with Gasteiger partial charge in [-0.05, 0) is 37.2 Å². The maximum Gasteiger partial charge on any atom is 0.257 e. The number of phenols is 1. The molecule has 2 atom stereocenters. The van der Waals surface area contributed by atoms with Crippen molar-refractivity contribution in [3.05, 3.63) is 54.1 Å². The lowest BCUT2D eigenvalue weighted by molar-refractivity contribution is 0.0492. The van der Waals surface area contributed by atoms with E-state index in [1.54, 1.807) is 39.2 Å². The van der Waals surface area contributed by atoms with Gasteiger partial charge < -0.3 is 20.5 Å². The summed E-state index contributed by atoms with van der Waals surface area (Å²) in [4.78, 5) is 14.1. The Bertz CT molecular complexity index is 687. The number of phenolic OH excluding ortho intramolecular Hbond substituents is 1. The quantitative estimate of drug-likeness (QED) is 0.481. The first-order chi connectivity index (χ1) is 11.5. The van der Waals surface area contributed by atoms with E-state index >= 15 is 0 Å². The summed E-state index contributed by atoms with van der Waals surface area (Å²) < 4.78 is 0. The second-order valence-corrected chi connectivity index (χ2v) is 5.65. The van der Waals surface area contributed by atoms with Crippen LogP contribution in [0, 0.1) is 0 Å². The summed E-state index contributed by atoms with van der Waals surface area (Å²) >= 11 is 0. The van der Waals surface area contributed by atoms with Crippen molar-refractivity contribution < 1.29 is 15.1 Å². The molecule has 0 fully saturated rings. The molecule has 2 unspecified atom stereocenters. The van der Waals surface area contributed by atoms with E-state index in [-0.39, 0.29) is 23.3 Å². The molecule has 0 radical (unpaired) electrons. The van der Waals surface area contributed by atoms with Gasteiger partial charge in [-0.1, -0.05) is 36.4 Å². The molecule has 4 N–H and O–H groups in total. The number of nitrogens with zero attached hydrogens (tertiary/aromatic N) is 1. The van der Waals surface area contributed by atoms with Crippen LogP contribution in [0.1, 0.15) is 17.3 Å². The number of hydrogen-bond donors (Lipinski definition) is 4. The van der Waals surface area contributed by atoms with Crippen molar-refractivity contribution in [3.8, 4) is 16.9 Å². The molecule has 0 heterocycles. The zero-order valence-corrected chi connectivity index (χ0v) is 14.0. The molecule has 0 saturated heterocycles. The summed E-state index contributed by atoms with van der Waals surface area (Å²) in [5, 5.41) is 22.3. The molecule has 0 aliphatic heterocycles. The van der Waals surface area contributed by atoms with Gasteiger partial charge in [0, 0.05) is 7.05 Å². The van der Waals surface area contributed by atoms with Crippen LogP contribution in [0.25, 0.3) is 11.1 Å². The average Bonchev–Trinajstić information content (AvgIpc) is 2.62. The third-order valence-corrected chi connectivity index (χ3v) is 4.20. The summed E-state index contributed by atoms with van der Waals surface area (Å²) in [6.45, 7) is 1.79. The molecule has 2 aromatic rings. The van der Waals surface area contributed by atoms with E-state index in [0.29, 0.717) is 0 Å². The molecule has 1 amide bonds. The van der Waals surface area contributed by atoms with Crippen molar-refractivity contribution in [2.75, 3.05) is 14.1 Å². The number of carbonyl (C=O) groups excluding carboxylic acids is 1. The average molecular weight is 329 g/mol. The van der Waals surface area contributed by atoms with Gasteiger partial charge in [-0.3, -0.25) is 4.79 Å². The Morgan fingerprint density at radius 1 is 1.12 bits per heavy atom. The highest BCUT2D eigenvalue weighted by Gasteiger charge is 2.25. The molecule has 24 heavy (non-hydrogen) atoms. The van der Waals surface area contributed by atoms with Crippen LogP contribution >= 0.6 is 0 Å². The van der Waals surface area contributed by atoms with Gasteiger partial charge in [-0.2, -0.15) is 5.48 Å². The Morgan fingerprint density at radius 3 is 2.33 bits per heavy atom. The Balaban J connectivity index is 2.24. The summed E-state index contributed by atoms with van der Waals surface area (Å²) in [5.74, 6) is -0.395. The van der Waals surface area contributed by atoms with Gasteiger partial charge in [0.25, 0.3) is 5.91 Å². The van der Waals surface area contributed by atoms with E-state index < -0.39 is 6.17 Å². The van der Waals surface area contributed by atoms with Crippen molar-refractivity contribution in [1.29, 1.82) is 0 Å². The molecule has 0 bridgehead atoms. The number of likely N-dealkylation sites (N-methyl/N-ethyl adjacent to an activating group) is 2. The normalized spacial score (nSPS) is 13.3. The first kappa shape index (κ1) is 17.9. The van der Waals surface area contributed by atoms with Crippen molar-refractivity contribution in [2.24, 2.45) is 0 Å². The van der Waals surface area contributed by atoms with E-state index in [1.807, 2.05) is 30.3 Å². The molecule has 6 nitrogen and oxygen atoms in total. The molecule has 128 valence electrons. The fourth-order valence-electron chi connectivity index (χ4n) is 2.53. The molecule has 0 aromatic heterocycles. The summed E-state index contributed by atoms with van der Waals surface area (Å²) in [7, 11) is 3.30. The first-order valence-electron chi connectivity index (χ1n) is 7.72. The Labute approximate surface area is 141 Å². The highest BCUT2D eigenvalue weighted by Crippen LogP contribution is 2.27. The number of rotatable bonds is 6. The smallest absolute Gasteiger partial charge is 0.257 e. The van der Waals surface area contributed by atoms with Gasteiger partial charge in [0.05, 0.1) is 11.6 Å². The van der Waals surface area contributed by atoms with E-state index in [4.69, 9.17) is 5.21 Å². The van der Waals surface area contributed by atoms with Crippen molar-refractivity contribution in [2.45, 2.75) is 19.1 Å². The Morgan fingerprint density at radius 2 is 1.79 bits per heavy atom. The van der Waals surface area contributed by atoms with Gasteiger partial charge in [0.2, 0.25) is 0 Å². The van der Waals surface area contributed by atoms with Gasteiger partial charge in [-0.15, -0.1) is 0 Å². The van der Waals surface area contributed by atoms with Crippen LogP contribution < -0.4 is 10.8 Å². The summed E-state index contributed by atoms with van der Waals surface area (Å²) in [5.41, 5.74) is 4.14. The van der Waals surface area contributed by atoms with Crippen molar-refractivity contribution in [1.82, 2.24) is 15.7 Å². The van der Waals surface area contributed by atoms with Crippen LogP contribution in [-0.4, -0.2) is 47.4 Å². The topological polar surface area (TPSA) is 84.8 Å². The van der Waals surface area contributed by atoms with E-state index in [9.17, 15) is 9.90 Å². The van der Waals surface area contributed by atoms with E-state index in [0.717, 1.165) is 11.1 Å². The standard InChI is InChI=1S/C18H23N3O3/c1-12(17(19-2)20-24)21(3)18(23)15-10-9-14(11-16(15)22)13-7-5-4-6-8-13/h4-12,17,19-20,22,24H,1-3H3. The maximum atomic E-state index is 12.6. The molecule has 0 aliphatic rings. The summed E-state index contributed by atoms with van der Waals surface area (Å²) in [6, 6.07) is 14.3. The fraction of sp³-hybridized carbons (Fsp3) is 0.278. The number of benzene rings is 2. The monoisotopic (exact) mass is 329 g/mol. The van der Waals surface area contributed by atoms with Crippen molar-refractivity contribution >= 4 is 5.91 Å². The Hall–Kier alpha value is -2.41.